The van der Waals surface area contributed by atoms with Crippen molar-refractivity contribution in [3.05, 3.63) is 35.4 Å². The van der Waals surface area contributed by atoms with Crippen molar-refractivity contribution in [2.45, 2.75) is 25.5 Å². The average Bonchev–Trinajstić information content (AvgIpc) is 3.03. The van der Waals surface area contributed by atoms with E-state index in [-0.39, 0.29) is 5.91 Å². The van der Waals surface area contributed by atoms with Gasteiger partial charge in [0.05, 0.1) is 6.61 Å². The van der Waals surface area contributed by atoms with Crippen LogP contribution in [0.3, 0.4) is 0 Å². The summed E-state index contributed by atoms with van der Waals surface area (Å²) in [6.45, 7) is 0.546. The molecule has 0 aliphatic heterocycles. The Labute approximate surface area is 89.4 Å². The van der Waals surface area contributed by atoms with E-state index in [4.69, 9.17) is 4.74 Å². The van der Waals surface area contributed by atoms with E-state index < -0.39 is 0 Å². The van der Waals surface area contributed by atoms with Crippen LogP contribution in [0, 0.1) is 0 Å². The molecule has 0 aromatic heterocycles. The van der Waals surface area contributed by atoms with Gasteiger partial charge in [-0.2, -0.15) is 0 Å². The smallest absolute Gasteiger partial charge is 0.251 e. The SMILES string of the molecule is COCc1cccc(C(=O)NC2CC2)c1. The molecular formula is C12H15NO2. The van der Waals surface area contributed by atoms with E-state index in [1.165, 1.54) is 0 Å². The highest BCUT2D eigenvalue weighted by Crippen LogP contribution is 2.19. The minimum atomic E-state index is 0.0236. The third-order valence-corrected chi connectivity index (χ3v) is 2.41. The van der Waals surface area contributed by atoms with Crippen LogP contribution < -0.4 is 5.32 Å². The molecule has 0 heterocycles. The number of benzene rings is 1. The molecule has 1 saturated carbocycles. The zero-order chi connectivity index (χ0) is 10.7. The Morgan fingerprint density at radius 1 is 1.53 bits per heavy atom. The van der Waals surface area contributed by atoms with Crippen LogP contribution in [0.25, 0.3) is 0 Å². The number of hydrogen-bond acceptors (Lipinski definition) is 2. The molecule has 1 aromatic rings. The van der Waals surface area contributed by atoms with Crippen molar-refractivity contribution >= 4 is 5.91 Å². The van der Waals surface area contributed by atoms with Crippen LogP contribution in [0.1, 0.15) is 28.8 Å². The summed E-state index contributed by atoms with van der Waals surface area (Å²) in [6.07, 6.45) is 2.23. The Bertz CT molecular complexity index is 358. The number of methoxy groups -OCH3 is 1. The van der Waals surface area contributed by atoms with Crippen molar-refractivity contribution in [2.75, 3.05) is 7.11 Å². The molecule has 1 amide bonds. The topological polar surface area (TPSA) is 38.3 Å². The predicted molar refractivity (Wildman–Crippen MR) is 57.6 cm³/mol. The van der Waals surface area contributed by atoms with Gasteiger partial charge >= 0.3 is 0 Å². The summed E-state index contributed by atoms with van der Waals surface area (Å²) in [5, 5.41) is 2.96. The van der Waals surface area contributed by atoms with Gasteiger partial charge in [0.25, 0.3) is 5.91 Å². The fourth-order valence-corrected chi connectivity index (χ4v) is 1.47. The van der Waals surface area contributed by atoms with Crippen LogP contribution in [0.4, 0.5) is 0 Å². The lowest BCUT2D eigenvalue weighted by Gasteiger charge is -2.05. The lowest BCUT2D eigenvalue weighted by molar-refractivity contribution is 0.0950. The van der Waals surface area contributed by atoms with E-state index in [1.54, 1.807) is 7.11 Å². The second-order valence-corrected chi connectivity index (χ2v) is 3.88. The molecular weight excluding hydrogens is 190 g/mol. The standard InChI is InChI=1S/C12H15NO2/c1-15-8-9-3-2-4-10(7-9)12(14)13-11-5-6-11/h2-4,7,11H,5-6,8H2,1H3,(H,13,14). The number of amides is 1. The molecule has 1 aliphatic carbocycles. The van der Waals surface area contributed by atoms with Gasteiger partial charge in [-0.15, -0.1) is 0 Å². The van der Waals surface area contributed by atoms with E-state index in [1.807, 2.05) is 24.3 Å². The molecule has 80 valence electrons. The normalized spacial score (nSPS) is 15.0. The van der Waals surface area contributed by atoms with Crippen LogP contribution in [0.2, 0.25) is 0 Å². The number of carbonyl (C=O) groups excluding carboxylic acids is 1. The minimum absolute atomic E-state index is 0.0236. The highest BCUT2D eigenvalue weighted by atomic mass is 16.5. The van der Waals surface area contributed by atoms with E-state index in [0.29, 0.717) is 12.6 Å². The molecule has 0 atom stereocenters. The van der Waals surface area contributed by atoms with Crippen molar-refractivity contribution in [1.29, 1.82) is 0 Å². The van der Waals surface area contributed by atoms with Crippen molar-refractivity contribution in [2.24, 2.45) is 0 Å². The highest BCUT2D eigenvalue weighted by molar-refractivity contribution is 5.94. The first-order valence-corrected chi connectivity index (χ1v) is 5.18. The molecule has 0 saturated heterocycles. The Kier molecular flexibility index (Phi) is 3.02. The monoisotopic (exact) mass is 205 g/mol. The lowest BCUT2D eigenvalue weighted by atomic mass is 10.1. The summed E-state index contributed by atoms with van der Waals surface area (Å²) in [5.74, 6) is 0.0236. The zero-order valence-electron chi connectivity index (χ0n) is 8.82. The van der Waals surface area contributed by atoms with Crippen LogP contribution in [0.15, 0.2) is 24.3 Å². The van der Waals surface area contributed by atoms with Crippen molar-refractivity contribution < 1.29 is 9.53 Å². The summed E-state index contributed by atoms with van der Waals surface area (Å²) in [7, 11) is 1.65. The van der Waals surface area contributed by atoms with Crippen molar-refractivity contribution in [1.82, 2.24) is 5.32 Å². The first-order valence-electron chi connectivity index (χ1n) is 5.18. The Balaban J connectivity index is 2.05. The van der Waals surface area contributed by atoms with Crippen LogP contribution >= 0.6 is 0 Å². The Morgan fingerprint density at radius 3 is 3.00 bits per heavy atom. The highest BCUT2D eigenvalue weighted by Gasteiger charge is 2.23. The van der Waals surface area contributed by atoms with Crippen molar-refractivity contribution in [3.8, 4) is 0 Å². The zero-order valence-corrected chi connectivity index (χ0v) is 8.82. The Morgan fingerprint density at radius 2 is 2.33 bits per heavy atom. The van der Waals surface area contributed by atoms with Crippen LogP contribution in [-0.2, 0) is 11.3 Å². The molecule has 1 aromatic carbocycles. The van der Waals surface area contributed by atoms with Gasteiger partial charge in [0, 0.05) is 18.7 Å². The number of hydrogen-bond donors (Lipinski definition) is 1. The third kappa shape index (κ3) is 2.80. The molecule has 0 bridgehead atoms. The Hall–Kier alpha value is -1.35. The molecule has 2 rings (SSSR count). The summed E-state index contributed by atoms with van der Waals surface area (Å²) in [6, 6.07) is 7.95. The molecule has 15 heavy (non-hydrogen) atoms. The molecule has 1 N–H and O–H groups in total. The van der Waals surface area contributed by atoms with Crippen LogP contribution in [-0.4, -0.2) is 19.1 Å². The fourth-order valence-electron chi connectivity index (χ4n) is 1.47. The lowest BCUT2D eigenvalue weighted by Crippen LogP contribution is -2.25. The van der Waals surface area contributed by atoms with Gasteiger partial charge < -0.3 is 10.1 Å². The molecule has 0 spiro atoms. The first-order chi connectivity index (χ1) is 7.29. The van der Waals surface area contributed by atoms with Crippen molar-refractivity contribution in [3.63, 3.8) is 0 Å². The van der Waals surface area contributed by atoms with E-state index in [0.717, 1.165) is 24.0 Å². The maximum absolute atomic E-state index is 11.7. The molecule has 0 unspecified atom stereocenters. The van der Waals surface area contributed by atoms with E-state index in [2.05, 4.69) is 5.32 Å². The maximum Gasteiger partial charge on any atom is 0.251 e. The summed E-state index contributed by atoms with van der Waals surface area (Å²) in [5.41, 5.74) is 1.75. The molecule has 0 radical (unpaired) electrons. The number of ether oxygens (including phenoxy) is 1. The molecule has 3 heteroatoms. The summed E-state index contributed by atoms with van der Waals surface area (Å²) < 4.78 is 5.02. The minimum Gasteiger partial charge on any atom is -0.380 e. The van der Waals surface area contributed by atoms with Gasteiger partial charge in [0.1, 0.15) is 0 Å². The largest absolute Gasteiger partial charge is 0.380 e. The number of nitrogens with one attached hydrogen (secondary N) is 1. The average molecular weight is 205 g/mol. The van der Waals surface area contributed by atoms with Crippen LogP contribution in [0.5, 0.6) is 0 Å². The second kappa shape index (κ2) is 4.45. The molecule has 1 fully saturated rings. The summed E-state index contributed by atoms with van der Waals surface area (Å²) in [4.78, 5) is 11.7. The maximum atomic E-state index is 11.7. The number of rotatable bonds is 4. The quantitative estimate of drug-likeness (QED) is 0.812. The van der Waals surface area contributed by atoms with Gasteiger partial charge in [0.2, 0.25) is 0 Å². The van der Waals surface area contributed by atoms with Gasteiger partial charge in [0.15, 0.2) is 0 Å². The molecule has 3 nitrogen and oxygen atoms in total. The predicted octanol–water partition coefficient (Wildman–Crippen LogP) is 1.73. The fraction of sp³-hybridized carbons (Fsp3) is 0.417. The van der Waals surface area contributed by atoms with Gasteiger partial charge in [-0.25, -0.2) is 0 Å². The van der Waals surface area contributed by atoms with Gasteiger partial charge in [-0.1, -0.05) is 12.1 Å². The third-order valence-electron chi connectivity index (χ3n) is 2.41. The van der Waals surface area contributed by atoms with E-state index in [9.17, 15) is 4.79 Å². The molecule has 1 aliphatic rings. The van der Waals surface area contributed by atoms with Gasteiger partial charge in [-0.05, 0) is 30.5 Å². The summed E-state index contributed by atoms with van der Waals surface area (Å²) >= 11 is 0. The van der Waals surface area contributed by atoms with Gasteiger partial charge in [-0.3, -0.25) is 4.79 Å². The van der Waals surface area contributed by atoms with E-state index >= 15 is 0 Å². The first kappa shape index (κ1) is 10.2. The number of carbonyl (C=O) groups is 1. The second-order valence-electron chi connectivity index (χ2n) is 3.88.